The van der Waals surface area contributed by atoms with Crippen LogP contribution in [-0.2, 0) is 0 Å². The summed E-state index contributed by atoms with van der Waals surface area (Å²) in [7, 11) is 0. The summed E-state index contributed by atoms with van der Waals surface area (Å²) >= 11 is 0. The Morgan fingerprint density at radius 3 is 1.90 bits per heavy atom. The second-order valence-corrected chi connectivity index (χ2v) is 5.62. The molecule has 2 nitrogen and oxygen atoms in total. The van der Waals surface area contributed by atoms with Crippen molar-refractivity contribution >= 4 is 0 Å². The number of nitrogens with two attached hydrogens (primary N) is 1. The zero-order chi connectivity index (χ0) is 14.7. The normalized spacial score (nSPS) is 14.1. The smallest absolute Gasteiger partial charge is 0.0870 e. The van der Waals surface area contributed by atoms with E-state index in [1.807, 2.05) is 26.0 Å². The van der Waals surface area contributed by atoms with Gasteiger partial charge in [-0.1, -0.05) is 59.2 Å². The lowest BCUT2D eigenvalue weighted by atomic mass is 9.88. The molecule has 0 fully saturated rings. The van der Waals surface area contributed by atoms with Crippen LogP contribution in [0.3, 0.4) is 0 Å². The molecule has 0 saturated carbocycles. The third-order valence-electron chi connectivity index (χ3n) is 3.73. The molecule has 2 heteroatoms. The summed E-state index contributed by atoms with van der Waals surface area (Å²) in [4.78, 5) is 0. The van der Waals surface area contributed by atoms with Crippen LogP contribution in [0, 0.1) is 20.8 Å². The van der Waals surface area contributed by atoms with Crippen molar-refractivity contribution in [3.05, 3.63) is 70.3 Å². The number of aliphatic hydroxyl groups is 1. The van der Waals surface area contributed by atoms with Crippen LogP contribution in [-0.4, -0.2) is 11.7 Å². The average molecular weight is 269 g/mol. The maximum Gasteiger partial charge on any atom is 0.0870 e. The summed E-state index contributed by atoms with van der Waals surface area (Å²) < 4.78 is 0. The number of aryl methyl sites for hydroxylation is 3. The molecular formula is C18H23NO. The quantitative estimate of drug-likeness (QED) is 0.893. The van der Waals surface area contributed by atoms with Crippen molar-refractivity contribution < 1.29 is 5.11 Å². The SMILES string of the molecule is Cc1ccc(C(CN)C(O)c2cc(C)cc(C)c2)cc1. The van der Waals surface area contributed by atoms with E-state index in [1.165, 1.54) is 16.7 Å². The summed E-state index contributed by atoms with van der Waals surface area (Å²) in [5.74, 6) is -0.0724. The fourth-order valence-corrected chi connectivity index (χ4v) is 2.67. The second kappa shape index (κ2) is 6.21. The molecule has 106 valence electrons. The van der Waals surface area contributed by atoms with Crippen molar-refractivity contribution in [1.29, 1.82) is 0 Å². The molecule has 0 bridgehead atoms. The first-order valence-electron chi connectivity index (χ1n) is 7.04. The van der Waals surface area contributed by atoms with Crippen LogP contribution in [0.1, 0.15) is 39.8 Å². The lowest BCUT2D eigenvalue weighted by molar-refractivity contribution is 0.147. The Labute approximate surface area is 121 Å². The number of hydrogen-bond donors (Lipinski definition) is 2. The molecule has 0 aromatic heterocycles. The third kappa shape index (κ3) is 3.27. The first-order chi connectivity index (χ1) is 9.51. The summed E-state index contributed by atoms with van der Waals surface area (Å²) in [6.07, 6.45) is -0.568. The van der Waals surface area contributed by atoms with Crippen LogP contribution in [0.4, 0.5) is 0 Å². The molecule has 2 aromatic rings. The van der Waals surface area contributed by atoms with Gasteiger partial charge in [-0.25, -0.2) is 0 Å². The van der Waals surface area contributed by atoms with E-state index in [4.69, 9.17) is 5.73 Å². The fourth-order valence-electron chi connectivity index (χ4n) is 2.67. The molecule has 0 aliphatic heterocycles. The van der Waals surface area contributed by atoms with E-state index in [1.54, 1.807) is 0 Å². The zero-order valence-electron chi connectivity index (χ0n) is 12.4. The highest BCUT2D eigenvalue weighted by Gasteiger charge is 2.21. The lowest BCUT2D eigenvalue weighted by Gasteiger charge is -2.23. The summed E-state index contributed by atoms with van der Waals surface area (Å²) in [6.45, 7) is 6.58. The highest BCUT2D eigenvalue weighted by atomic mass is 16.3. The Kier molecular flexibility index (Phi) is 4.58. The highest BCUT2D eigenvalue weighted by molar-refractivity contribution is 5.33. The third-order valence-corrected chi connectivity index (χ3v) is 3.73. The Bertz CT molecular complexity index is 554. The molecule has 2 rings (SSSR count). The van der Waals surface area contributed by atoms with Crippen molar-refractivity contribution in [3.63, 3.8) is 0 Å². The van der Waals surface area contributed by atoms with E-state index >= 15 is 0 Å². The van der Waals surface area contributed by atoms with E-state index in [0.29, 0.717) is 6.54 Å². The minimum absolute atomic E-state index is 0.0724. The fraction of sp³-hybridized carbons (Fsp3) is 0.333. The number of benzene rings is 2. The second-order valence-electron chi connectivity index (χ2n) is 5.62. The Morgan fingerprint density at radius 1 is 0.850 bits per heavy atom. The first-order valence-corrected chi connectivity index (χ1v) is 7.04. The van der Waals surface area contributed by atoms with Gasteiger partial charge in [0.2, 0.25) is 0 Å². The lowest BCUT2D eigenvalue weighted by Crippen LogP contribution is -2.20. The van der Waals surface area contributed by atoms with Crippen LogP contribution in [0.5, 0.6) is 0 Å². The predicted octanol–water partition coefficient (Wildman–Crippen LogP) is 3.39. The van der Waals surface area contributed by atoms with Crippen molar-refractivity contribution in [2.75, 3.05) is 6.54 Å². The molecule has 2 aromatic carbocycles. The molecular weight excluding hydrogens is 246 g/mol. The van der Waals surface area contributed by atoms with Crippen molar-refractivity contribution in [3.8, 4) is 0 Å². The van der Waals surface area contributed by atoms with Gasteiger partial charge in [0, 0.05) is 12.5 Å². The largest absolute Gasteiger partial charge is 0.388 e. The van der Waals surface area contributed by atoms with Gasteiger partial charge >= 0.3 is 0 Å². The van der Waals surface area contributed by atoms with E-state index in [2.05, 4.69) is 37.3 Å². The van der Waals surface area contributed by atoms with Gasteiger partial charge in [-0.2, -0.15) is 0 Å². The van der Waals surface area contributed by atoms with Crippen LogP contribution >= 0.6 is 0 Å². The van der Waals surface area contributed by atoms with Gasteiger partial charge in [0.05, 0.1) is 6.10 Å². The van der Waals surface area contributed by atoms with E-state index in [0.717, 1.165) is 11.1 Å². The van der Waals surface area contributed by atoms with Gasteiger partial charge < -0.3 is 10.8 Å². The molecule has 0 saturated heterocycles. The zero-order valence-corrected chi connectivity index (χ0v) is 12.4. The van der Waals surface area contributed by atoms with E-state index < -0.39 is 6.10 Å². The standard InChI is InChI=1S/C18H23NO/c1-12-4-6-15(7-5-12)17(11-19)18(20)16-9-13(2)8-14(3)10-16/h4-10,17-18,20H,11,19H2,1-3H3. The van der Waals surface area contributed by atoms with Gasteiger partial charge in [0.25, 0.3) is 0 Å². The average Bonchev–Trinajstić information content (AvgIpc) is 2.40. The van der Waals surface area contributed by atoms with Gasteiger partial charge in [-0.05, 0) is 31.9 Å². The minimum atomic E-state index is -0.568. The summed E-state index contributed by atoms with van der Waals surface area (Å²) in [5, 5.41) is 10.7. The molecule has 0 aliphatic rings. The maximum atomic E-state index is 10.7. The molecule has 20 heavy (non-hydrogen) atoms. The minimum Gasteiger partial charge on any atom is -0.388 e. The first kappa shape index (κ1) is 14.8. The number of rotatable bonds is 4. The van der Waals surface area contributed by atoms with E-state index in [-0.39, 0.29) is 5.92 Å². The van der Waals surface area contributed by atoms with E-state index in [9.17, 15) is 5.11 Å². The molecule has 0 amide bonds. The van der Waals surface area contributed by atoms with Gasteiger partial charge in [-0.3, -0.25) is 0 Å². The van der Waals surface area contributed by atoms with Crippen LogP contribution < -0.4 is 5.73 Å². The van der Waals surface area contributed by atoms with Crippen molar-refractivity contribution in [1.82, 2.24) is 0 Å². The molecule has 2 unspecified atom stereocenters. The van der Waals surface area contributed by atoms with Gasteiger partial charge in [0.1, 0.15) is 0 Å². The topological polar surface area (TPSA) is 46.2 Å². The number of hydrogen-bond acceptors (Lipinski definition) is 2. The molecule has 0 aliphatic carbocycles. The Morgan fingerprint density at radius 2 is 1.40 bits per heavy atom. The van der Waals surface area contributed by atoms with Crippen LogP contribution in [0.25, 0.3) is 0 Å². The molecule has 0 heterocycles. The molecule has 0 radical (unpaired) electrons. The predicted molar refractivity (Wildman–Crippen MR) is 83.9 cm³/mol. The van der Waals surface area contributed by atoms with Crippen LogP contribution in [0.2, 0.25) is 0 Å². The van der Waals surface area contributed by atoms with Crippen molar-refractivity contribution in [2.45, 2.75) is 32.8 Å². The van der Waals surface area contributed by atoms with Crippen LogP contribution in [0.15, 0.2) is 42.5 Å². The number of aliphatic hydroxyl groups excluding tert-OH is 1. The molecule has 0 spiro atoms. The van der Waals surface area contributed by atoms with Crippen molar-refractivity contribution in [2.24, 2.45) is 5.73 Å². The summed E-state index contributed by atoms with van der Waals surface area (Å²) in [5.41, 5.74) is 11.5. The van der Waals surface area contributed by atoms with Gasteiger partial charge in [-0.15, -0.1) is 0 Å². The Balaban J connectivity index is 2.33. The maximum absolute atomic E-state index is 10.7. The highest BCUT2D eigenvalue weighted by Crippen LogP contribution is 2.31. The van der Waals surface area contributed by atoms with Gasteiger partial charge in [0.15, 0.2) is 0 Å². The molecule has 3 N–H and O–H groups in total. The Hall–Kier alpha value is -1.64. The summed E-state index contributed by atoms with van der Waals surface area (Å²) in [6, 6.07) is 14.4. The monoisotopic (exact) mass is 269 g/mol. The molecule has 2 atom stereocenters.